The molecular weight excluding hydrogens is 250 g/mol. The minimum absolute atomic E-state index is 0.0647. The third-order valence-corrected chi connectivity index (χ3v) is 3.66. The molecule has 0 saturated carbocycles. The van der Waals surface area contributed by atoms with Gasteiger partial charge in [0, 0.05) is 30.4 Å². The normalized spacial score (nSPS) is 14.0. The maximum Gasteiger partial charge on any atom is 0.192 e. The summed E-state index contributed by atoms with van der Waals surface area (Å²) in [6.45, 7) is 5.88. The number of phenolic OH excluding ortho intramolecular Hbond substituents is 1. The van der Waals surface area contributed by atoms with E-state index in [1.807, 2.05) is 24.3 Å². The Kier molecular flexibility index (Phi) is 4.61. The molecule has 0 atom stereocenters. The fraction of sp³-hybridized carbons (Fsp3) is 0.353. The average molecular weight is 271 g/mol. The number of rotatable bonds is 5. The van der Waals surface area contributed by atoms with Crippen LogP contribution in [-0.2, 0) is 0 Å². The van der Waals surface area contributed by atoms with Crippen molar-refractivity contribution >= 4 is 11.5 Å². The van der Waals surface area contributed by atoms with Gasteiger partial charge >= 0.3 is 0 Å². The summed E-state index contributed by atoms with van der Waals surface area (Å²) in [5.41, 5.74) is 2.10. The molecule has 0 spiro atoms. The first kappa shape index (κ1) is 14.4. The lowest BCUT2D eigenvalue weighted by atomic mass is 9.95. The van der Waals surface area contributed by atoms with Crippen LogP contribution in [0.3, 0.4) is 0 Å². The monoisotopic (exact) mass is 271 g/mol. The topological polar surface area (TPSA) is 40.5 Å². The Labute approximate surface area is 120 Å². The highest BCUT2D eigenvalue weighted by atomic mass is 16.3. The average Bonchev–Trinajstić information content (AvgIpc) is 2.49. The van der Waals surface area contributed by atoms with Crippen LogP contribution in [0.25, 0.3) is 0 Å². The highest BCUT2D eigenvalue weighted by Gasteiger charge is 2.17. The second kappa shape index (κ2) is 6.42. The number of allylic oxidation sites excluding steroid dienone is 4. The number of aromatic hydroxyl groups is 1. The standard InChI is InChI=1S/C17H21NO2/c1-3-18(4-2)14-10-11-15(16(19)12-14)17(20)13-8-6-5-7-9-13/h5-6,8,10-12,19H,3-4,7,9H2,1-2H3. The number of phenols is 1. The molecular formula is C17H21NO2. The van der Waals surface area contributed by atoms with Gasteiger partial charge in [0.2, 0.25) is 0 Å². The minimum atomic E-state index is -0.0713. The first-order chi connectivity index (χ1) is 9.67. The van der Waals surface area contributed by atoms with Crippen LogP contribution in [0.5, 0.6) is 5.75 Å². The van der Waals surface area contributed by atoms with Gasteiger partial charge in [-0.2, -0.15) is 0 Å². The van der Waals surface area contributed by atoms with Gasteiger partial charge in [-0.15, -0.1) is 0 Å². The highest BCUT2D eigenvalue weighted by Crippen LogP contribution is 2.28. The van der Waals surface area contributed by atoms with Crippen molar-refractivity contribution in [3.63, 3.8) is 0 Å². The summed E-state index contributed by atoms with van der Waals surface area (Å²) in [5, 5.41) is 10.1. The molecule has 0 aromatic heterocycles. The first-order valence-electron chi connectivity index (χ1n) is 7.15. The predicted octanol–water partition coefficient (Wildman–Crippen LogP) is 3.70. The van der Waals surface area contributed by atoms with E-state index in [2.05, 4.69) is 18.7 Å². The van der Waals surface area contributed by atoms with E-state index < -0.39 is 0 Å². The predicted molar refractivity (Wildman–Crippen MR) is 82.5 cm³/mol. The number of benzene rings is 1. The lowest BCUT2D eigenvalue weighted by Gasteiger charge is -2.21. The number of Topliss-reactive ketones (excluding diaryl/α,β-unsaturated/α-hetero) is 1. The van der Waals surface area contributed by atoms with Gasteiger partial charge in [-0.1, -0.05) is 18.2 Å². The van der Waals surface area contributed by atoms with Crippen LogP contribution >= 0.6 is 0 Å². The van der Waals surface area contributed by atoms with Gasteiger partial charge in [0.05, 0.1) is 5.56 Å². The van der Waals surface area contributed by atoms with E-state index in [1.165, 1.54) is 0 Å². The third-order valence-electron chi connectivity index (χ3n) is 3.66. The van der Waals surface area contributed by atoms with Gasteiger partial charge in [0.1, 0.15) is 5.75 Å². The summed E-state index contributed by atoms with van der Waals surface area (Å²) in [4.78, 5) is 14.5. The molecule has 0 unspecified atom stereocenters. The molecule has 0 bridgehead atoms. The van der Waals surface area contributed by atoms with Crippen LogP contribution in [0.1, 0.15) is 37.0 Å². The lowest BCUT2D eigenvalue weighted by molar-refractivity contribution is 0.102. The van der Waals surface area contributed by atoms with Gasteiger partial charge < -0.3 is 10.0 Å². The first-order valence-corrected chi connectivity index (χ1v) is 7.15. The van der Waals surface area contributed by atoms with Crippen LogP contribution in [-0.4, -0.2) is 24.0 Å². The molecule has 20 heavy (non-hydrogen) atoms. The highest BCUT2D eigenvalue weighted by molar-refractivity contribution is 6.10. The Morgan fingerprint density at radius 2 is 2.05 bits per heavy atom. The number of carbonyl (C=O) groups is 1. The third kappa shape index (κ3) is 2.93. The van der Waals surface area contributed by atoms with Crippen molar-refractivity contribution in [2.45, 2.75) is 26.7 Å². The summed E-state index contributed by atoms with van der Waals surface area (Å²) in [5.74, 6) is -0.00667. The van der Waals surface area contributed by atoms with Crippen LogP contribution in [0.15, 0.2) is 42.0 Å². The largest absolute Gasteiger partial charge is 0.507 e. The number of carbonyl (C=O) groups excluding carboxylic acids is 1. The molecule has 1 aromatic carbocycles. The molecule has 1 aliphatic rings. The molecule has 3 heteroatoms. The molecule has 106 valence electrons. The van der Waals surface area contributed by atoms with E-state index >= 15 is 0 Å². The van der Waals surface area contributed by atoms with Gasteiger partial charge in [0.15, 0.2) is 5.78 Å². The molecule has 2 rings (SSSR count). The zero-order valence-corrected chi connectivity index (χ0v) is 12.1. The summed E-state index contributed by atoms with van der Waals surface area (Å²) in [6.07, 6.45) is 7.41. The van der Waals surface area contributed by atoms with Gasteiger partial charge in [-0.05, 0) is 38.8 Å². The van der Waals surface area contributed by atoms with Crippen molar-refractivity contribution in [3.8, 4) is 5.75 Å². The Bertz CT molecular complexity index is 554. The fourth-order valence-electron chi connectivity index (χ4n) is 2.46. The van der Waals surface area contributed by atoms with Crippen molar-refractivity contribution in [1.82, 2.24) is 0 Å². The quantitative estimate of drug-likeness (QED) is 0.830. The zero-order valence-electron chi connectivity index (χ0n) is 12.1. The lowest BCUT2D eigenvalue weighted by Crippen LogP contribution is -2.21. The van der Waals surface area contributed by atoms with Crippen LogP contribution in [0, 0.1) is 0 Å². The van der Waals surface area contributed by atoms with E-state index in [0.717, 1.165) is 37.2 Å². The number of anilines is 1. The van der Waals surface area contributed by atoms with Crippen molar-refractivity contribution in [2.75, 3.05) is 18.0 Å². The molecule has 0 saturated heterocycles. The Balaban J connectivity index is 2.27. The smallest absolute Gasteiger partial charge is 0.192 e. The fourth-order valence-corrected chi connectivity index (χ4v) is 2.46. The maximum atomic E-state index is 12.4. The van der Waals surface area contributed by atoms with Crippen LogP contribution in [0.2, 0.25) is 0 Å². The molecule has 1 N–H and O–H groups in total. The van der Waals surface area contributed by atoms with Gasteiger partial charge in [0.25, 0.3) is 0 Å². The molecule has 0 amide bonds. The van der Waals surface area contributed by atoms with Gasteiger partial charge in [-0.25, -0.2) is 0 Å². The van der Waals surface area contributed by atoms with E-state index in [-0.39, 0.29) is 11.5 Å². The minimum Gasteiger partial charge on any atom is -0.507 e. The Morgan fingerprint density at radius 1 is 1.30 bits per heavy atom. The molecule has 1 aliphatic carbocycles. The van der Waals surface area contributed by atoms with Crippen LogP contribution in [0.4, 0.5) is 5.69 Å². The van der Waals surface area contributed by atoms with Crippen molar-refractivity contribution < 1.29 is 9.90 Å². The second-order valence-corrected chi connectivity index (χ2v) is 4.86. The van der Waals surface area contributed by atoms with E-state index in [0.29, 0.717) is 5.56 Å². The van der Waals surface area contributed by atoms with E-state index in [4.69, 9.17) is 0 Å². The van der Waals surface area contributed by atoms with Gasteiger partial charge in [-0.3, -0.25) is 4.79 Å². The van der Waals surface area contributed by atoms with Crippen molar-refractivity contribution in [3.05, 3.63) is 47.6 Å². The molecule has 1 aromatic rings. The summed E-state index contributed by atoms with van der Waals surface area (Å²) < 4.78 is 0. The SMILES string of the molecule is CCN(CC)c1ccc(C(=O)C2=CC=CCC2)c(O)c1. The summed E-state index contributed by atoms with van der Waals surface area (Å²) >= 11 is 0. The summed E-state index contributed by atoms with van der Waals surface area (Å²) in [7, 11) is 0. The molecule has 0 heterocycles. The number of hydrogen-bond acceptors (Lipinski definition) is 3. The second-order valence-electron chi connectivity index (χ2n) is 4.86. The molecule has 3 nitrogen and oxygen atoms in total. The van der Waals surface area contributed by atoms with Crippen LogP contribution < -0.4 is 4.90 Å². The molecule has 0 radical (unpaired) electrons. The number of ketones is 1. The number of hydrogen-bond donors (Lipinski definition) is 1. The maximum absolute atomic E-state index is 12.4. The zero-order chi connectivity index (χ0) is 14.5. The van der Waals surface area contributed by atoms with E-state index in [1.54, 1.807) is 12.1 Å². The Hall–Kier alpha value is -2.03. The van der Waals surface area contributed by atoms with Crippen molar-refractivity contribution in [1.29, 1.82) is 0 Å². The molecule has 0 aliphatic heterocycles. The van der Waals surface area contributed by atoms with E-state index in [9.17, 15) is 9.90 Å². The van der Waals surface area contributed by atoms with Crippen molar-refractivity contribution in [2.24, 2.45) is 0 Å². The Morgan fingerprint density at radius 3 is 2.60 bits per heavy atom. The molecule has 0 fully saturated rings. The summed E-state index contributed by atoms with van der Waals surface area (Å²) in [6, 6.07) is 5.31. The number of nitrogens with zero attached hydrogens (tertiary/aromatic N) is 1.